The number of likely N-dealkylation sites (tertiary alicyclic amines) is 1. The Morgan fingerprint density at radius 2 is 1.83 bits per heavy atom. The summed E-state index contributed by atoms with van der Waals surface area (Å²) in [6.07, 6.45) is 1.73. The number of aryl methyl sites for hydroxylation is 1. The first-order chi connectivity index (χ1) is 10.8. The molecule has 4 nitrogen and oxygen atoms in total. The zero-order valence-corrected chi connectivity index (χ0v) is 15.3. The molecule has 0 radical (unpaired) electrons. The molecule has 1 aliphatic rings. The Bertz CT molecular complexity index is 502. The third-order valence-electron chi connectivity index (χ3n) is 3.75. The number of ether oxygens (including phenoxy) is 1. The standard InChI is InChI=1S/C18H27NO3S/c1-14-5-7-16(8-6-14)23-21-13-15-9-11-19(12-10-15)17(20)22-18(2,3)4/h5-8,15H,9-13H2,1-4H3. The van der Waals surface area contributed by atoms with E-state index >= 15 is 0 Å². The molecule has 23 heavy (non-hydrogen) atoms. The first-order valence-electron chi connectivity index (χ1n) is 8.17. The van der Waals surface area contributed by atoms with Gasteiger partial charge in [0, 0.05) is 30.0 Å². The molecule has 1 aliphatic heterocycles. The van der Waals surface area contributed by atoms with E-state index in [4.69, 9.17) is 8.92 Å². The van der Waals surface area contributed by atoms with Crippen LogP contribution in [0, 0.1) is 12.8 Å². The van der Waals surface area contributed by atoms with Gasteiger partial charge in [-0.25, -0.2) is 4.79 Å². The summed E-state index contributed by atoms with van der Waals surface area (Å²) in [4.78, 5) is 14.9. The van der Waals surface area contributed by atoms with E-state index < -0.39 is 5.60 Å². The molecule has 1 amide bonds. The highest BCUT2D eigenvalue weighted by Crippen LogP contribution is 2.24. The molecule has 0 atom stereocenters. The van der Waals surface area contributed by atoms with Crippen LogP contribution in [0.4, 0.5) is 4.79 Å². The summed E-state index contributed by atoms with van der Waals surface area (Å²) in [6.45, 7) is 9.99. The van der Waals surface area contributed by atoms with Crippen LogP contribution in [0.2, 0.25) is 0 Å². The van der Waals surface area contributed by atoms with Gasteiger partial charge in [0.05, 0.1) is 6.61 Å². The van der Waals surface area contributed by atoms with E-state index in [2.05, 4.69) is 31.2 Å². The van der Waals surface area contributed by atoms with Crippen LogP contribution in [0.1, 0.15) is 39.2 Å². The van der Waals surface area contributed by atoms with Gasteiger partial charge in [-0.3, -0.25) is 0 Å². The van der Waals surface area contributed by atoms with Gasteiger partial charge in [-0.2, -0.15) is 0 Å². The second-order valence-electron chi connectivity index (χ2n) is 7.09. The number of rotatable bonds is 4. The number of piperidine rings is 1. The number of carbonyl (C=O) groups is 1. The number of nitrogens with zero attached hydrogens (tertiary/aromatic N) is 1. The van der Waals surface area contributed by atoms with E-state index in [-0.39, 0.29) is 6.09 Å². The molecule has 1 fully saturated rings. The lowest BCUT2D eigenvalue weighted by Gasteiger charge is -2.33. The van der Waals surface area contributed by atoms with E-state index in [9.17, 15) is 4.79 Å². The average Bonchev–Trinajstić information content (AvgIpc) is 2.48. The first-order valence-corrected chi connectivity index (χ1v) is 8.92. The summed E-state index contributed by atoms with van der Waals surface area (Å²) in [5.74, 6) is 0.506. The van der Waals surface area contributed by atoms with E-state index in [1.807, 2.05) is 20.8 Å². The minimum Gasteiger partial charge on any atom is -0.444 e. The third-order valence-corrected chi connectivity index (χ3v) is 4.46. The Hall–Kier alpha value is -1.20. The molecule has 0 spiro atoms. The molecule has 1 heterocycles. The van der Waals surface area contributed by atoms with Gasteiger partial charge in [0.2, 0.25) is 0 Å². The average molecular weight is 337 g/mol. The van der Waals surface area contributed by atoms with E-state index in [0.717, 1.165) is 37.4 Å². The molecule has 0 unspecified atom stereocenters. The second kappa shape index (κ2) is 8.06. The van der Waals surface area contributed by atoms with Crippen molar-refractivity contribution in [1.82, 2.24) is 4.90 Å². The van der Waals surface area contributed by atoms with Crippen LogP contribution >= 0.6 is 12.0 Å². The van der Waals surface area contributed by atoms with Gasteiger partial charge in [0.1, 0.15) is 5.60 Å². The largest absolute Gasteiger partial charge is 0.444 e. The summed E-state index contributed by atoms with van der Waals surface area (Å²) < 4.78 is 11.2. The zero-order chi connectivity index (χ0) is 16.9. The number of carbonyl (C=O) groups excluding carboxylic acids is 1. The molecule has 1 aromatic carbocycles. The molecule has 0 bridgehead atoms. The van der Waals surface area contributed by atoms with Gasteiger partial charge in [-0.15, -0.1) is 0 Å². The maximum absolute atomic E-state index is 12.0. The van der Waals surface area contributed by atoms with Crippen molar-refractivity contribution in [3.8, 4) is 0 Å². The van der Waals surface area contributed by atoms with Gasteiger partial charge in [-0.05, 0) is 58.6 Å². The lowest BCUT2D eigenvalue weighted by atomic mass is 9.98. The molecular weight excluding hydrogens is 310 g/mol. The summed E-state index contributed by atoms with van der Waals surface area (Å²) in [7, 11) is 0. The summed E-state index contributed by atoms with van der Waals surface area (Å²) in [5, 5.41) is 0. The molecule has 1 aromatic rings. The smallest absolute Gasteiger partial charge is 0.410 e. The van der Waals surface area contributed by atoms with Crippen molar-refractivity contribution in [2.75, 3.05) is 19.7 Å². The lowest BCUT2D eigenvalue weighted by Crippen LogP contribution is -2.42. The van der Waals surface area contributed by atoms with Crippen molar-refractivity contribution < 1.29 is 13.7 Å². The minimum absolute atomic E-state index is 0.203. The van der Waals surface area contributed by atoms with Crippen LogP contribution < -0.4 is 0 Å². The maximum atomic E-state index is 12.0. The Kier molecular flexibility index (Phi) is 6.36. The van der Waals surface area contributed by atoms with Crippen molar-refractivity contribution >= 4 is 18.1 Å². The van der Waals surface area contributed by atoms with E-state index in [0.29, 0.717) is 5.92 Å². The van der Waals surface area contributed by atoms with Crippen LogP contribution in [0.5, 0.6) is 0 Å². The Balaban J connectivity index is 1.66. The predicted octanol–water partition coefficient (Wildman–Crippen LogP) is 4.67. The quantitative estimate of drug-likeness (QED) is 0.749. The first kappa shape index (κ1) is 18.1. The predicted molar refractivity (Wildman–Crippen MR) is 93.5 cm³/mol. The molecular formula is C18H27NO3S. The van der Waals surface area contributed by atoms with Gasteiger partial charge in [0.25, 0.3) is 0 Å². The van der Waals surface area contributed by atoms with Crippen LogP contribution in [-0.4, -0.2) is 36.3 Å². The van der Waals surface area contributed by atoms with Gasteiger partial charge >= 0.3 is 6.09 Å². The van der Waals surface area contributed by atoms with Crippen LogP contribution in [-0.2, 0) is 8.92 Å². The summed E-state index contributed by atoms with van der Waals surface area (Å²) in [5.41, 5.74) is 0.825. The molecule has 5 heteroatoms. The number of amides is 1. The number of benzene rings is 1. The van der Waals surface area contributed by atoms with Crippen molar-refractivity contribution in [3.63, 3.8) is 0 Å². The highest BCUT2D eigenvalue weighted by atomic mass is 32.2. The normalized spacial score (nSPS) is 16.4. The molecule has 2 rings (SSSR count). The third kappa shape index (κ3) is 6.43. The highest BCUT2D eigenvalue weighted by molar-refractivity contribution is 7.94. The SMILES string of the molecule is Cc1ccc(SOCC2CCN(C(=O)OC(C)(C)C)CC2)cc1. The minimum atomic E-state index is -0.429. The fourth-order valence-corrected chi connectivity index (χ4v) is 3.04. The van der Waals surface area contributed by atoms with Crippen molar-refractivity contribution in [1.29, 1.82) is 0 Å². The fourth-order valence-electron chi connectivity index (χ4n) is 2.40. The molecule has 0 aromatic heterocycles. The van der Waals surface area contributed by atoms with E-state index in [1.54, 1.807) is 4.90 Å². The highest BCUT2D eigenvalue weighted by Gasteiger charge is 2.26. The van der Waals surface area contributed by atoms with Crippen LogP contribution in [0.15, 0.2) is 29.2 Å². The Morgan fingerprint density at radius 1 is 1.22 bits per heavy atom. The van der Waals surface area contributed by atoms with Crippen LogP contribution in [0.25, 0.3) is 0 Å². The Morgan fingerprint density at radius 3 is 2.39 bits per heavy atom. The molecule has 0 N–H and O–H groups in total. The van der Waals surface area contributed by atoms with Crippen LogP contribution in [0.3, 0.4) is 0 Å². The second-order valence-corrected chi connectivity index (χ2v) is 7.97. The molecule has 0 aliphatic carbocycles. The van der Waals surface area contributed by atoms with Gasteiger partial charge in [-0.1, -0.05) is 17.7 Å². The molecule has 128 valence electrons. The maximum Gasteiger partial charge on any atom is 0.410 e. The summed E-state index contributed by atoms with van der Waals surface area (Å²) in [6, 6.07) is 8.33. The topological polar surface area (TPSA) is 38.8 Å². The molecule has 1 saturated heterocycles. The fraction of sp³-hybridized carbons (Fsp3) is 0.611. The number of hydrogen-bond donors (Lipinski definition) is 0. The zero-order valence-electron chi connectivity index (χ0n) is 14.5. The van der Waals surface area contributed by atoms with Crippen molar-refractivity contribution in [3.05, 3.63) is 29.8 Å². The van der Waals surface area contributed by atoms with E-state index in [1.165, 1.54) is 17.6 Å². The number of hydrogen-bond acceptors (Lipinski definition) is 4. The van der Waals surface area contributed by atoms with Crippen molar-refractivity contribution in [2.45, 2.75) is 51.0 Å². The Labute approximate surface area is 143 Å². The molecule has 0 saturated carbocycles. The van der Waals surface area contributed by atoms with Gasteiger partial charge < -0.3 is 13.8 Å². The summed E-state index contributed by atoms with van der Waals surface area (Å²) >= 11 is 1.43. The van der Waals surface area contributed by atoms with Gasteiger partial charge in [0.15, 0.2) is 0 Å². The lowest BCUT2D eigenvalue weighted by molar-refractivity contribution is 0.0168. The monoisotopic (exact) mass is 337 g/mol. The van der Waals surface area contributed by atoms with Crippen molar-refractivity contribution in [2.24, 2.45) is 5.92 Å².